The summed E-state index contributed by atoms with van der Waals surface area (Å²) < 4.78 is 13.6. The minimum absolute atomic E-state index is 0.151. The van der Waals surface area contributed by atoms with Crippen LogP contribution in [-0.4, -0.2) is 6.54 Å². The molecule has 0 aliphatic heterocycles. The summed E-state index contributed by atoms with van der Waals surface area (Å²) in [5.41, 5.74) is 6.46. The van der Waals surface area contributed by atoms with Gasteiger partial charge in [0.2, 0.25) is 0 Å². The minimum atomic E-state index is -0.407. The monoisotopic (exact) mass is 279 g/mol. The molecule has 1 aromatic carbocycles. The van der Waals surface area contributed by atoms with Gasteiger partial charge >= 0.3 is 0 Å². The maximum absolute atomic E-state index is 13.2. The fourth-order valence-corrected chi connectivity index (χ4v) is 2.10. The summed E-state index contributed by atoms with van der Waals surface area (Å²) in [7, 11) is 0. The first kappa shape index (κ1) is 12.0. The van der Waals surface area contributed by atoms with Crippen LogP contribution in [-0.2, 0) is 0 Å². The Balaban J connectivity index is 3.00. The predicted octanol–water partition coefficient (Wildman–Crippen LogP) is 3.69. The Labute approximate surface area is 96.6 Å². The average Bonchev–Trinajstić information content (AvgIpc) is 2.13. The Bertz CT molecular complexity index is 307. The molecule has 0 amide bonds. The van der Waals surface area contributed by atoms with Crippen molar-refractivity contribution in [2.75, 3.05) is 6.54 Å². The van der Waals surface area contributed by atoms with E-state index in [1.807, 2.05) is 6.92 Å². The zero-order valence-electron chi connectivity index (χ0n) is 7.86. The second kappa shape index (κ2) is 5.10. The maximum Gasteiger partial charge on any atom is 0.155 e. The van der Waals surface area contributed by atoms with Gasteiger partial charge in [0, 0.05) is 0 Å². The quantitative estimate of drug-likeness (QED) is 0.840. The molecule has 1 rings (SSSR count). The molecule has 1 aromatic rings. The normalized spacial score (nSPS) is 12.9. The van der Waals surface area contributed by atoms with Crippen LogP contribution in [0.15, 0.2) is 16.6 Å². The van der Waals surface area contributed by atoms with E-state index in [0.717, 1.165) is 12.0 Å². The molecule has 1 unspecified atom stereocenters. The van der Waals surface area contributed by atoms with E-state index in [1.54, 1.807) is 12.1 Å². The van der Waals surface area contributed by atoms with E-state index < -0.39 is 5.82 Å². The lowest BCUT2D eigenvalue weighted by Crippen LogP contribution is -2.04. The summed E-state index contributed by atoms with van der Waals surface area (Å²) in [5, 5.41) is 0.151. The van der Waals surface area contributed by atoms with Crippen molar-refractivity contribution < 1.29 is 4.39 Å². The molecule has 0 aliphatic carbocycles. The molecule has 1 atom stereocenters. The van der Waals surface area contributed by atoms with Crippen LogP contribution >= 0.6 is 27.5 Å². The van der Waals surface area contributed by atoms with Gasteiger partial charge in [-0.3, -0.25) is 0 Å². The Morgan fingerprint density at radius 2 is 2.21 bits per heavy atom. The molecule has 0 saturated heterocycles. The standard InChI is InChI=1S/C10H12BrClFN/c1-6(2-3-14)7-4-8(11)10(13)9(12)5-7/h4-6H,2-3,14H2,1H3. The van der Waals surface area contributed by atoms with Crippen molar-refractivity contribution in [1.29, 1.82) is 0 Å². The molecular weight excluding hydrogens is 268 g/mol. The van der Waals surface area contributed by atoms with Gasteiger partial charge in [-0.05, 0) is 52.5 Å². The lowest BCUT2D eigenvalue weighted by molar-refractivity contribution is 0.617. The first-order valence-corrected chi connectivity index (χ1v) is 5.58. The first-order chi connectivity index (χ1) is 6.56. The highest BCUT2D eigenvalue weighted by Crippen LogP contribution is 2.29. The van der Waals surface area contributed by atoms with Crippen LogP contribution in [0.3, 0.4) is 0 Å². The molecule has 0 aliphatic rings. The van der Waals surface area contributed by atoms with Gasteiger partial charge in [0.15, 0.2) is 5.82 Å². The Morgan fingerprint density at radius 3 is 2.71 bits per heavy atom. The number of hydrogen-bond acceptors (Lipinski definition) is 1. The predicted molar refractivity (Wildman–Crippen MR) is 61.2 cm³/mol. The van der Waals surface area contributed by atoms with Gasteiger partial charge in [-0.2, -0.15) is 0 Å². The van der Waals surface area contributed by atoms with Gasteiger partial charge in [-0.15, -0.1) is 0 Å². The van der Waals surface area contributed by atoms with Crippen LogP contribution in [0.2, 0.25) is 5.02 Å². The molecule has 0 saturated carbocycles. The summed E-state index contributed by atoms with van der Waals surface area (Å²) in [4.78, 5) is 0. The van der Waals surface area contributed by atoms with Crippen molar-refractivity contribution >= 4 is 27.5 Å². The molecule has 14 heavy (non-hydrogen) atoms. The minimum Gasteiger partial charge on any atom is -0.330 e. The van der Waals surface area contributed by atoms with Crippen molar-refractivity contribution in [3.05, 3.63) is 33.0 Å². The molecular formula is C10H12BrClFN. The zero-order valence-corrected chi connectivity index (χ0v) is 10.2. The fraction of sp³-hybridized carbons (Fsp3) is 0.400. The molecule has 0 fully saturated rings. The highest BCUT2D eigenvalue weighted by molar-refractivity contribution is 9.10. The van der Waals surface area contributed by atoms with Crippen LogP contribution in [0.1, 0.15) is 24.8 Å². The smallest absolute Gasteiger partial charge is 0.155 e. The Kier molecular flexibility index (Phi) is 4.35. The lowest BCUT2D eigenvalue weighted by atomic mass is 9.98. The second-order valence-corrected chi connectivity index (χ2v) is 4.54. The summed E-state index contributed by atoms with van der Waals surface area (Å²) in [6.07, 6.45) is 0.869. The molecule has 1 nitrogen and oxygen atoms in total. The number of hydrogen-bond donors (Lipinski definition) is 1. The highest BCUT2D eigenvalue weighted by Gasteiger charge is 2.11. The van der Waals surface area contributed by atoms with Crippen LogP contribution in [0, 0.1) is 5.82 Å². The molecule has 0 radical (unpaired) electrons. The van der Waals surface area contributed by atoms with Crippen LogP contribution in [0.4, 0.5) is 4.39 Å². The number of rotatable bonds is 3. The van der Waals surface area contributed by atoms with E-state index in [4.69, 9.17) is 17.3 Å². The third-order valence-electron chi connectivity index (χ3n) is 2.17. The van der Waals surface area contributed by atoms with Gasteiger partial charge < -0.3 is 5.73 Å². The summed E-state index contributed by atoms with van der Waals surface area (Å²) in [5.74, 6) is -0.107. The van der Waals surface area contributed by atoms with Crippen molar-refractivity contribution in [3.8, 4) is 0 Å². The SMILES string of the molecule is CC(CCN)c1cc(Cl)c(F)c(Br)c1. The second-order valence-electron chi connectivity index (χ2n) is 3.28. The van der Waals surface area contributed by atoms with E-state index in [9.17, 15) is 4.39 Å². The van der Waals surface area contributed by atoms with Gasteiger partial charge in [0.05, 0.1) is 9.50 Å². The third kappa shape index (κ3) is 2.69. The number of halogens is 3. The molecule has 0 heterocycles. The molecule has 0 spiro atoms. The van der Waals surface area contributed by atoms with E-state index in [0.29, 0.717) is 16.9 Å². The van der Waals surface area contributed by atoms with Gasteiger partial charge in [0.1, 0.15) is 0 Å². The first-order valence-electron chi connectivity index (χ1n) is 4.40. The zero-order chi connectivity index (χ0) is 10.7. The molecule has 2 N–H and O–H groups in total. The van der Waals surface area contributed by atoms with Crippen LogP contribution < -0.4 is 5.73 Å². The molecule has 78 valence electrons. The van der Waals surface area contributed by atoms with Crippen LogP contribution in [0.5, 0.6) is 0 Å². The van der Waals surface area contributed by atoms with E-state index in [-0.39, 0.29) is 5.02 Å². The van der Waals surface area contributed by atoms with Crippen molar-refractivity contribution in [3.63, 3.8) is 0 Å². The molecule has 0 aromatic heterocycles. The summed E-state index contributed by atoms with van der Waals surface area (Å²) in [6, 6.07) is 3.41. The van der Waals surface area contributed by atoms with E-state index in [2.05, 4.69) is 15.9 Å². The van der Waals surface area contributed by atoms with Gasteiger partial charge in [-0.1, -0.05) is 18.5 Å². The molecule has 0 bridgehead atoms. The fourth-order valence-electron chi connectivity index (χ4n) is 1.28. The van der Waals surface area contributed by atoms with Crippen molar-refractivity contribution in [2.24, 2.45) is 5.73 Å². The lowest BCUT2D eigenvalue weighted by Gasteiger charge is -2.11. The largest absolute Gasteiger partial charge is 0.330 e. The van der Waals surface area contributed by atoms with E-state index in [1.165, 1.54) is 0 Å². The Hall–Kier alpha value is -0.120. The Morgan fingerprint density at radius 1 is 1.57 bits per heavy atom. The number of nitrogens with two attached hydrogens (primary N) is 1. The highest BCUT2D eigenvalue weighted by atomic mass is 79.9. The third-order valence-corrected chi connectivity index (χ3v) is 3.03. The van der Waals surface area contributed by atoms with Crippen molar-refractivity contribution in [2.45, 2.75) is 19.3 Å². The summed E-state index contributed by atoms with van der Waals surface area (Å²) in [6.45, 7) is 2.66. The van der Waals surface area contributed by atoms with Gasteiger partial charge in [0.25, 0.3) is 0 Å². The topological polar surface area (TPSA) is 26.0 Å². The summed E-state index contributed by atoms with van der Waals surface area (Å²) >= 11 is 8.85. The van der Waals surface area contributed by atoms with Crippen LogP contribution in [0.25, 0.3) is 0 Å². The maximum atomic E-state index is 13.2. The molecule has 4 heteroatoms. The van der Waals surface area contributed by atoms with Gasteiger partial charge in [-0.25, -0.2) is 4.39 Å². The van der Waals surface area contributed by atoms with Crippen molar-refractivity contribution in [1.82, 2.24) is 0 Å². The average molecular weight is 281 g/mol. The number of benzene rings is 1. The van der Waals surface area contributed by atoms with E-state index >= 15 is 0 Å².